The van der Waals surface area contributed by atoms with Crippen molar-refractivity contribution in [3.8, 4) is 0 Å². The topological polar surface area (TPSA) is 77.4 Å². The van der Waals surface area contributed by atoms with E-state index in [1.165, 1.54) is 0 Å². The molecule has 0 aromatic rings. The van der Waals surface area contributed by atoms with E-state index in [1.54, 1.807) is 0 Å². The number of hydrogen-bond acceptors (Lipinski definition) is 6. The molecule has 6 rings (SSSR count). The van der Waals surface area contributed by atoms with E-state index >= 15 is 0 Å². The van der Waals surface area contributed by atoms with Crippen molar-refractivity contribution in [2.75, 3.05) is 26.4 Å². The van der Waals surface area contributed by atoms with Crippen LogP contribution >= 0.6 is 0 Å². The second-order valence-corrected chi connectivity index (χ2v) is 12.3. The maximum Gasteiger partial charge on any atom is 0.195 e. The average Bonchev–Trinajstić information content (AvgIpc) is 3.48. The molecule has 6 fully saturated rings. The molecule has 0 aromatic carbocycles. The van der Waals surface area contributed by atoms with E-state index < -0.39 is 46.4 Å². The van der Waals surface area contributed by atoms with Gasteiger partial charge in [0, 0.05) is 27.8 Å². The molecule has 8 atom stereocenters. The van der Waals surface area contributed by atoms with Gasteiger partial charge < -0.3 is 29.2 Å². The van der Waals surface area contributed by atoms with Gasteiger partial charge in [-0.2, -0.15) is 0 Å². The Bertz CT molecular complexity index is 870. The number of aliphatic hydroxyl groups is 2. The fraction of sp³-hybridized carbons (Fsp3) is 1.00. The lowest BCUT2D eigenvalue weighted by atomic mass is 9.40. The van der Waals surface area contributed by atoms with E-state index in [0.717, 1.165) is 19.3 Å². The molecule has 2 saturated heterocycles. The second-order valence-electron chi connectivity index (χ2n) is 12.3. The lowest BCUT2D eigenvalue weighted by Crippen LogP contribution is -2.69. The first-order valence-electron chi connectivity index (χ1n) is 14.2. The highest BCUT2D eigenvalue weighted by Crippen LogP contribution is 2.72. The standard InChI is InChI=1S/C26H42O6/c1-17-15-18-19(21(2)9-10-24(16-25(17,21)27)31-13-14-32-24)5-7-22(3)20(18)6-8-26(22,28)23(4)29-11-12-30-23/h17-20,27-28H,5-16H2,1-4H3/t17-,18+,19-,20-,21+,22-,25+,26+/m0/s1/i1D3. The van der Waals surface area contributed by atoms with Gasteiger partial charge in [-0.05, 0) is 69.1 Å². The summed E-state index contributed by atoms with van der Waals surface area (Å²) < 4.78 is 49.5. The van der Waals surface area contributed by atoms with Crippen LogP contribution in [-0.2, 0) is 18.9 Å². The largest absolute Gasteiger partial charge is 0.389 e. The van der Waals surface area contributed by atoms with E-state index in [9.17, 15) is 10.2 Å². The van der Waals surface area contributed by atoms with Crippen LogP contribution in [0.4, 0.5) is 0 Å². The Morgan fingerprint density at radius 2 is 1.41 bits per heavy atom. The summed E-state index contributed by atoms with van der Waals surface area (Å²) in [5.41, 5.74) is -3.51. The van der Waals surface area contributed by atoms with Gasteiger partial charge >= 0.3 is 0 Å². The van der Waals surface area contributed by atoms with Crippen LogP contribution in [0.2, 0.25) is 0 Å². The minimum atomic E-state index is -2.30. The zero-order valence-electron chi connectivity index (χ0n) is 22.8. The van der Waals surface area contributed by atoms with E-state index in [1.807, 2.05) is 6.92 Å². The summed E-state index contributed by atoms with van der Waals surface area (Å²) in [6, 6.07) is 0. The van der Waals surface area contributed by atoms with Crippen LogP contribution in [-0.4, -0.2) is 59.4 Å². The molecule has 2 N–H and O–H groups in total. The van der Waals surface area contributed by atoms with Gasteiger partial charge in [0.25, 0.3) is 0 Å². The quantitative estimate of drug-likeness (QED) is 0.631. The van der Waals surface area contributed by atoms with Gasteiger partial charge in [-0.3, -0.25) is 0 Å². The van der Waals surface area contributed by atoms with Crippen LogP contribution in [0.15, 0.2) is 0 Å². The van der Waals surface area contributed by atoms with Crippen LogP contribution in [0.5, 0.6) is 0 Å². The summed E-state index contributed by atoms with van der Waals surface area (Å²) in [5, 5.41) is 24.6. The molecule has 182 valence electrons. The molecule has 32 heavy (non-hydrogen) atoms. The molecular formula is C26H42O6. The summed E-state index contributed by atoms with van der Waals surface area (Å²) in [6.45, 7) is 5.78. The molecule has 0 unspecified atom stereocenters. The van der Waals surface area contributed by atoms with Crippen LogP contribution in [0.25, 0.3) is 0 Å². The molecule has 6 nitrogen and oxygen atoms in total. The molecule has 6 heteroatoms. The first kappa shape index (κ1) is 19.0. The molecule has 2 heterocycles. The number of fused-ring (bicyclic) bond motifs is 5. The Balaban J connectivity index is 1.39. The smallest absolute Gasteiger partial charge is 0.195 e. The summed E-state index contributed by atoms with van der Waals surface area (Å²) in [4.78, 5) is 0. The highest BCUT2D eigenvalue weighted by Gasteiger charge is 2.73. The molecule has 1 spiro atoms. The molecule has 0 amide bonds. The summed E-state index contributed by atoms with van der Waals surface area (Å²) in [7, 11) is 0. The SMILES string of the molecule is [2H]C([2H])([2H])[C@H]1C[C@H]2[C@@H]3CC[C@](O)(C4(C)OCCO4)[C@@]3(C)CC[C@@H]2[C@@]2(C)CCC3(C[C@@]12O)OCCO3. The van der Waals surface area contributed by atoms with E-state index in [4.69, 9.17) is 23.1 Å². The van der Waals surface area contributed by atoms with Gasteiger partial charge in [0.05, 0.1) is 32.0 Å². The van der Waals surface area contributed by atoms with Crippen LogP contribution in [0.3, 0.4) is 0 Å². The van der Waals surface area contributed by atoms with Crippen molar-refractivity contribution in [3.05, 3.63) is 0 Å². The summed E-state index contributed by atoms with van der Waals surface area (Å²) in [5.74, 6) is -2.33. The maximum absolute atomic E-state index is 12.4. The van der Waals surface area contributed by atoms with Gasteiger partial charge in [-0.15, -0.1) is 0 Å². The lowest BCUT2D eigenvalue weighted by molar-refractivity contribution is -0.318. The normalized spacial score (nSPS) is 57.8. The van der Waals surface area contributed by atoms with Crippen LogP contribution < -0.4 is 0 Å². The minimum absolute atomic E-state index is 0.114. The van der Waals surface area contributed by atoms with Gasteiger partial charge in [-0.25, -0.2) is 0 Å². The molecule has 2 aliphatic heterocycles. The van der Waals surface area contributed by atoms with Crippen LogP contribution in [0.1, 0.15) is 83.1 Å². The zero-order chi connectivity index (χ0) is 25.1. The third-order valence-corrected chi connectivity index (χ3v) is 11.4. The Morgan fingerprint density at radius 1 is 0.781 bits per heavy atom. The van der Waals surface area contributed by atoms with E-state index in [2.05, 4.69) is 13.8 Å². The Kier molecular flexibility index (Phi) is 3.98. The first-order chi connectivity index (χ1) is 16.2. The van der Waals surface area contributed by atoms with Crippen LogP contribution in [0, 0.1) is 34.5 Å². The highest BCUT2D eigenvalue weighted by atomic mass is 16.8. The predicted molar refractivity (Wildman–Crippen MR) is 118 cm³/mol. The molecule has 4 aliphatic carbocycles. The summed E-state index contributed by atoms with van der Waals surface area (Å²) >= 11 is 0. The van der Waals surface area contributed by atoms with Gasteiger partial charge in [0.1, 0.15) is 5.60 Å². The van der Waals surface area contributed by atoms with Crippen molar-refractivity contribution in [1.29, 1.82) is 0 Å². The van der Waals surface area contributed by atoms with Crippen molar-refractivity contribution in [3.63, 3.8) is 0 Å². The van der Waals surface area contributed by atoms with Gasteiger partial charge in [0.2, 0.25) is 0 Å². The molecule has 6 aliphatic rings. The average molecular weight is 454 g/mol. The van der Waals surface area contributed by atoms with Crippen molar-refractivity contribution in [2.24, 2.45) is 34.5 Å². The number of rotatable bonds is 1. The Hall–Kier alpha value is -0.240. The summed E-state index contributed by atoms with van der Waals surface area (Å²) in [6.07, 6.45) is 5.04. The molecule has 4 saturated carbocycles. The first-order valence-corrected chi connectivity index (χ1v) is 12.7. The Labute approximate surface area is 196 Å². The predicted octanol–water partition coefficient (Wildman–Crippen LogP) is 3.63. The molecule has 0 aromatic heterocycles. The highest BCUT2D eigenvalue weighted by molar-refractivity contribution is 5.21. The number of hydrogen-bond donors (Lipinski definition) is 2. The zero-order valence-corrected chi connectivity index (χ0v) is 19.8. The fourth-order valence-corrected chi connectivity index (χ4v) is 9.53. The molecular weight excluding hydrogens is 408 g/mol. The second kappa shape index (κ2) is 6.70. The monoisotopic (exact) mass is 453 g/mol. The van der Waals surface area contributed by atoms with Crippen molar-refractivity contribution in [2.45, 2.75) is 102 Å². The van der Waals surface area contributed by atoms with Gasteiger partial charge in [0.15, 0.2) is 11.6 Å². The molecule has 0 bridgehead atoms. The molecule has 0 radical (unpaired) electrons. The van der Waals surface area contributed by atoms with Crippen molar-refractivity contribution in [1.82, 2.24) is 0 Å². The fourth-order valence-electron chi connectivity index (χ4n) is 9.53. The minimum Gasteiger partial charge on any atom is -0.389 e. The van der Waals surface area contributed by atoms with E-state index in [-0.39, 0.29) is 24.2 Å². The van der Waals surface area contributed by atoms with E-state index in [0.29, 0.717) is 52.1 Å². The van der Waals surface area contributed by atoms with Crippen molar-refractivity contribution >= 4 is 0 Å². The van der Waals surface area contributed by atoms with Gasteiger partial charge in [-0.1, -0.05) is 20.7 Å². The lowest BCUT2D eigenvalue weighted by Gasteiger charge is -2.67. The Morgan fingerprint density at radius 3 is 2.09 bits per heavy atom. The third kappa shape index (κ3) is 2.47. The third-order valence-electron chi connectivity index (χ3n) is 11.4. The van der Waals surface area contributed by atoms with Crippen molar-refractivity contribution < 1.29 is 33.3 Å². The maximum atomic E-state index is 12.4. The number of ether oxygens (including phenoxy) is 4.